The molecule has 0 spiro atoms. The van der Waals surface area contributed by atoms with Crippen LogP contribution in [0.4, 0.5) is 4.39 Å². The van der Waals surface area contributed by atoms with Crippen molar-refractivity contribution in [3.63, 3.8) is 0 Å². The number of carbonyl (C=O) groups is 1. The maximum Gasteiger partial charge on any atom is 0.257 e. The number of carbonyl (C=O) groups excluding carboxylic acids is 1. The summed E-state index contributed by atoms with van der Waals surface area (Å²) >= 11 is 0. The standard InChI is InChI=1S/C19H23FN4O5S2/c1-14-16(12-21-24(14)18-5-3-2-4-17(18)20)19(25)22-7-9-23(10-8-22)31(28,29)15-6-11-30(26,27)13-15/h2-5,12,15H,6-11,13H2,1H3. The van der Waals surface area contributed by atoms with Gasteiger partial charge in [-0.15, -0.1) is 0 Å². The third kappa shape index (κ3) is 4.11. The Morgan fingerprint density at radius 1 is 1.16 bits per heavy atom. The average molecular weight is 471 g/mol. The number of hydrogen-bond acceptors (Lipinski definition) is 6. The van der Waals surface area contributed by atoms with Gasteiger partial charge in [-0.2, -0.15) is 9.40 Å². The van der Waals surface area contributed by atoms with Crippen molar-refractivity contribution < 1.29 is 26.0 Å². The number of hydrogen-bond donors (Lipinski definition) is 0. The van der Waals surface area contributed by atoms with Crippen molar-refractivity contribution in [3.8, 4) is 5.69 Å². The molecule has 2 fully saturated rings. The summed E-state index contributed by atoms with van der Waals surface area (Å²) < 4.78 is 65.6. The monoisotopic (exact) mass is 470 g/mol. The van der Waals surface area contributed by atoms with E-state index in [4.69, 9.17) is 0 Å². The first-order chi connectivity index (χ1) is 14.6. The number of rotatable bonds is 4. The molecule has 12 heteroatoms. The highest BCUT2D eigenvalue weighted by Crippen LogP contribution is 2.24. The van der Waals surface area contributed by atoms with Crippen molar-refractivity contribution in [2.75, 3.05) is 37.7 Å². The molecule has 2 aromatic rings. The predicted octanol–water partition coefficient (Wildman–Crippen LogP) is 0.595. The van der Waals surface area contributed by atoms with Crippen molar-refractivity contribution in [3.05, 3.63) is 47.5 Å². The van der Waals surface area contributed by atoms with Gasteiger partial charge in [-0.25, -0.2) is 25.9 Å². The molecular formula is C19H23FN4O5S2. The fraction of sp³-hybridized carbons (Fsp3) is 0.474. The molecule has 1 aromatic carbocycles. The van der Waals surface area contributed by atoms with Crippen LogP contribution in [0.25, 0.3) is 5.69 Å². The molecule has 31 heavy (non-hydrogen) atoms. The minimum atomic E-state index is -3.73. The van der Waals surface area contributed by atoms with E-state index >= 15 is 0 Å². The quantitative estimate of drug-likeness (QED) is 0.647. The Hall–Kier alpha value is -2.31. The smallest absolute Gasteiger partial charge is 0.257 e. The van der Waals surface area contributed by atoms with Gasteiger partial charge < -0.3 is 4.90 Å². The van der Waals surface area contributed by atoms with E-state index in [2.05, 4.69) is 5.10 Å². The summed E-state index contributed by atoms with van der Waals surface area (Å²) in [7, 11) is -7.05. The third-order valence-electron chi connectivity index (χ3n) is 5.82. The molecule has 1 atom stereocenters. The minimum Gasteiger partial charge on any atom is -0.336 e. The lowest BCUT2D eigenvalue weighted by molar-refractivity contribution is 0.0696. The zero-order valence-corrected chi connectivity index (χ0v) is 18.6. The number of para-hydroxylation sites is 1. The van der Waals surface area contributed by atoms with E-state index in [0.29, 0.717) is 11.3 Å². The molecule has 2 aliphatic heterocycles. The van der Waals surface area contributed by atoms with Crippen molar-refractivity contribution in [2.45, 2.75) is 18.6 Å². The van der Waals surface area contributed by atoms with Gasteiger partial charge in [0, 0.05) is 26.2 Å². The van der Waals surface area contributed by atoms with Gasteiger partial charge >= 0.3 is 0 Å². The Bertz CT molecular complexity index is 1220. The third-order valence-corrected chi connectivity index (χ3v) is 10.1. The van der Waals surface area contributed by atoms with Crippen molar-refractivity contribution in [1.29, 1.82) is 0 Å². The van der Waals surface area contributed by atoms with Crippen LogP contribution in [0.1, 0.15) is 22.5 Å². The van der Waals surface area contributed by atoms with Crippen molar-refractivity contribution in [1.82, 2.24) is 19.0 Å². The van der Waals surface area contributed by atoms with Gasteiger partial charge in [-0.3, -0.25) is 4.79 Å². The summed E-state index contributed by atoms with van der Waals surface area (Å²) in [5.41, 5.74) is 1.05. The van der Waals surface area contributed by atoms with Gasteiger partial charge in [0.15, 0.2) is 9.84 Å². The molecule has 1 amide bonds. The summed E-state index contributed by atoms with van der Waals surface area (Å²) in [4.78, 5) is 14.5. The summed E-state index contributed by atoms with van der Waals surface area (Å²) in [6, 6.07) is 6.12. The molecule has 0 radical (unpaired) electrons. The molecule has 168 valence electrons. The number of sulfonamides is 1. The average Bonchev–Trinajstić information content (AvgIpc) is 3.30. The summed E-state index contributed by atoms with van der Waals surface area (Å²) in [5, 5.41) is 3.23. The molecule has 1 unspecified atom stereocenters. The minimum absolute atomic E-state index is 0.102. The Balaban J connectivity index is 1.45. The van der Waals surface area contributed by atoms with Crippen molar-refractivity contribution >= 4 is 25.8 Å². The van der Waals surface area contributed by atoms with Crippen LogP contribution < -0.4 is 0 Å². The normalized spacial score (nSPS) is 22.0. The van der Waals surface area contributed by atoms with Crippen molar-refractivity contribution in [2.24, 2.45) is 0 Å². The van der Waals surface area contributed by atoms with E-state index in [1.165, 1.54) is 26.2 Å². The number of sulfone groups is 1. The Morgan fingerprint density at radius 2 is 1.84 bits per heavy atom. The number of piperazine rings is 1. The Labute approximate surface area is 180 Å². The lowest BCUT2D eigenvalue weighted by Crippen LogP contribution is -2.52. The highest BCUT2D eigenvalue weighted by atomic mass is 32.2. The second kappa shape index (κ2) is 7.99. The van der Waals surface area contributed by atoms with Gasteiger partial charge in [0.25, 0.3) is 5.91 Å². The maximum absolute atomic E-state index is 14.1. The van der Waals surface area contributed by atoms with E-state index in [-0.39, 0.29) is 55.7 Å². The summed E-state index contributed by atoms with van der Waals surface area (Å²) in [6.07, 6.45) is 1.49. The van der Waals surface area contributed by atoms with Crippen LogP contribution in [0.3, 0.4) is 0 Å². The molecule has 0 N–H and O–H groups in total. The number of aromatic nitrogens is 2. The summed E-state index contributed by atoms with van der Waals surface area (Å²) in [5.74, 6) is -1.22. The second-order valence-corrected chi connectivity index (χ2v) is 12.2. The van der Waals surface area contributed by atoms with Crippen LogP contribution in [0, 0.1) is 12.7 Å². The Kier molecular flexibility index (Phi) is 5.64. The van der Waals surface area contributed by atoms with E-state index < -0.39 is 30.9 Å². The number of amides is 1. The fourth-order valence-corrected chi connectivity index (χ4v) is 8.52. The lowest BCUT2D eigenvalue weighted by atomic mass is 10.2. The highest BCUT2D eigenvalue weighted by molar-refractivity contribution is 7.95. The van der Waals surface area contributed by atoms with Gasteiger partial charge in [-0.05, 0) is 25.5 Å². The van der Waals surface area contributed by atoms with Crippen LogP contribution in [-0.2, 0) is 19.9 Å². The Morgan fingerprint density at radius 3 is 2.45 bits per heavy atom. The van der Waals surface area contributed by atoms with Gasteiger partial charge in [0.1, 0.15) is 11.5 Å². The number of halogens is 1. The molecule has 3 heterocycles. The largest absolute Gasteiger partial charge is 0.336 e. The van der Waals surface area contributed by atoms with E-state index in [0.717, 1.165) is 0 Å². The van der Waals surface area contributed by atoms with Crippen LogP contribution in [0.2, 0.25) is 0 Å². The van der Waals surface area contributed by atoms with Gasteiger partial charge in [0.05, 0.1) is 34.2 Å². The first kappa shape index (κ1) is 21.9. The lowest BCUT2D eigenvalue weighted by Gasteiger charge is -2.35. The van der Waals surface area contributed by atoms with Gasteiger partial charge in [0.2, 0.25) is 10.0 Å². The fourth-order valence-electron chi connectivity index (χ4n) is 4.01. The number of benzene rings is 1. The molecule has 9 nitrogen and oxygen atoms in total. The highest BCUT2D eigenvalue weighted by Gasteiger charge is 2.41. The van der Waals surface area contributed by atoms with E-state index in [1.54, 1.807) is 25.1 Å². The van der Waals surface area contributed by atoms with Crippen LogP contribution in [-0.4, -0.2) is 84.7 Å². The molecule has 0 saturated carbocycles. The first-order valence-corrected chi connectivity index (χ1v) is 13.2. The van der Waals surface area contributed by atoms with Crippen LogP contribution >= 0.6 is 0 Å². The zero-order valence-electron chi connectivity index (χ0n) is 16.9. The molecule has 1 aromatic heterocycles. The second-order valence-electron chi connectivity index (χ2n) is 7.77. The maximum atomic E-state index is 14.1. The zero-order chi connectivity index (χ0) is 22.4. The van der Waals surface area contributed by atoms with Crippen LogP contribution in [0.5, 0.6) is 0 Å². The van der Waals surface area contributed by atoms with E-state index in [9.17, 15) is 26.0 Å². The molecule has 0 bridgehead atoms. The molecule has 4 rings (SSSR count). The topological polar surface area (TPSA) is 110 Å². The predicted molar refractivity (Wildman–Crippen MR) is 112 cm³/mol. The van der Waals surface area contributed by atoms with Crippen LogP contribution in [0.15, 0.2) is 30.5 Å². The molecule has 0 aliphatic carbocycles. The number of nitrogens with zero attached hydrogens (tertiary/aromatic N) is 4. The van der Waals surface area contributed by atoms with Gasteiger partial charge in [-0.1, -0.05) is 12.1 Å². The molecule has 2 aliphatic rings. The summed E-state index contributed by atoms with van der Waals surface area (Å²) in [6.45, 7) is 2.24. The molecule has 2 saturated heterocycles. The SMILES string of the molecule is Cc1c(C(=O)N2CCN(S(=O)(=O)C3CCS(=O)(=O)C3)CC2)cnn1-c1ccccc1F. The first-order valence-electron chi connectivity index (χ1n) is 9.88. The van der Waals surface area contributed by atoms with E-state index in [1.807, 2.05) is 0 Å². The molecular weight excluding hydrogens is 447 g/mol.